The molecule has 0 aliphatic heterocycles. The lowest BCUT2D eigenvalue weighted by atomic mass is 10.1. The third-order valence-electron chi connectivity index (χ3n) is 2.11. The number of hydrogen-bond acceptors (Lipinski definition) is 3. The van der Waals surface area contributed by atoms with Gasteiger partial charge < -0.3 is 9.84 Å². The van der Waals surface area contributed by atoms with Gasteiger partial charge in [-0.25, -0.2) is 0 Å². The van der Waals surface area contributed by atoms with Crippen LogP contribution in [0, 0.1) is 0 Å². The summed E-state index contributed by atoms with van der Waals surface area (Å²) in [6.07, 6.45) is 4.04. The van der Waals surface area contributed by atoms with Gasteiger partial charge in [-0.05, 0) is 25.0 Å². The summed E-state index contributed by atoms with van der Waals surface area (Å²) < 4.78 is 5.17. The number of nitrogens with zero attached hydrogens (tertiary/aromatic N) is 1. The molecule has 84 valence electrons. The van der Waals surface area contributed by atoms with Crippen molar-refractivity contribution in [2.24, 2.45) is 0 Å². The SMILES string of the molecule is CCOCCC(O)Cc1ccncc1Cl. The van der Waals surface area contributed by atoms with Gasteiger partial charge in [-0.15, -0.1) is 0 Å². The van der Waals surface area contributed by atoms with Crippen molar-refractivity contribution in [2.45, 2.75) is 25.9 Å². The largest absolute Gasteiger partial charge is 0.393 e. The Kier molecular flexibility index (Phi) is 5.61. The van der Waals surface area contributed by atoms with Crippen LogP contribution in [-0.4, -0.2) is 29.4 Å². The molecule has 0 amide bonds. The monoisotopic (exact) mass is 229 g/mol. The van der Waals surface area contributed by atoms with E-state index in [0.717, 1.165) is 5.56 Å². The number of aliphatic hydroxyl groups is 1. The average Bonchev–Trinajstić information content (AvgIpc) is 2.22. The Morgan fingerprint density at radius 1 is 1.60 bits per heavy atom. The molecule has 0 aromatic carbocycles. The maximum absolute atomic E-state index is 9.69. The van der Waals surface area contributed by atoms with Crippen LogP contribution in [0.25, 0.3) is 0 Å². The first-order valence-electron chi connectivity index (χ1n) is 5.08. The molecule has 1 heterocycles. The van der Waals surface area contributed by atoms with Crippen LogP contribution in [0.2, 0.25) is 5.02 Å². The van der Waals surface area contributed by atoms with Gasteiger partial charge in [0.05, 0.1) is 11.1 Å². The quantitative estimate of drug-likeness (QED) is 0.760. The molecule has 15 heavy (non-hydrogen) atoms. The zero-order valence-corrected chi connectivity index (χ0v) is 9.57. The molecule has 1 atom stereocenters. The van der Waals surface area contributed by atoms with E-state index in [9.17, 15) is 5.11 Å². The van der Waals surface area contributed by atoms with E-state index in [4.69, 9.17) is 16.3 Å². The number of aliphatic hydroxyl groups excluding tert-OH is 1. The summed E-state index contributed by atoms with van der Waals surface area (Å²) >= 11 is 5.92. The summed E-state index contributed by atoms with van der Waals surface area (Å²) in [5.74, 6) is 0. The normalized spacial score (nSPS) is 12.7. The zero-order valence-electron chi connectivity index (χ0n) is 8.82. The number of halogens is 1. The predicted octanol–water partition coefficient (Wildman–Crippen LogP) is 2.06. The van der Waals surface area contributed by atoms with Crippen molar-refractivity contribution >= 4 is 11.6 Å². The van der Waals surface area contributed by atoms with Crippen molar-refractivity contribution in [3.05, 3.63) is 29.0 Å². The summed E-state index contributed by atoms with van der Waals surface area (Å²) in [6.45, 7) is 3.20. The van der Waals surface area contributed by atoms with Crippen molar-refractivity contribution < 1.29 is 9.84 Å². The van der Waals surface area contributed by atoms with E-state index in [-0.39, 0.29) is 0 Å². The standard InChI is InChI=1S/C11H16ClNO2/c1-2-15-6-4-10(14)7-9-3-5-13-8-11(9)12/h3,5,8,10,14H,2,4,6-7H2,1H3. The molecular formula is C11H16ClNO2. The Morgan fingerprint density at radius 3 is 3.07 bits per heavy atom. The van der Waals surface area contributed by atoms with Crippen molar-refractivity contribution in [1.82, 2.24) is 4.98 Å². The molecule has 0 spiro atoms. The lowest BCUT2D eigenvalue weighted by Crippen LogP contribution is -2.14. The molecule has 0 saturated carbocycles. The van der Waals surface area contributed by atoms with E-state index >= 15 is 0 Å². The molecule has 0 bridgehead atoms. The summed E-state index contributed by atoms with van der Waals surface area (Å²) in [6, 6.07) is 1.83. The number of ether oxygens (including phenoxy) is 1. The topological polar surface area (TPSA) is 42.4 Å². The zero-order chi connectivity index (χ0) is 11.1. The van der Waals surface area contributed by atoms with Crippen LogP contribution >= 0.6 is 11.6 Å². The summed E-state index contributed by atoms with van der Waals surface area (Å²) in [4.78, 5) is 3.89. The first-order valence-corrected chi connectivity index (χ1v) is 5.46. The molecule has 0 radical (unpaired) electrons. The number of aromatic nitrogens is 1. The van der Waals surface area contributed by atoms with Crippen LogP contribution in [0.4, 0.5) is 0 Å². The Labute approximate surface area is 95.1 Å². The molecule has 0 aliphatic carbocycles. The number of rotatable bonds is 6. The van der Waals surface area contributed by atoms with E-state index in [1.54, 1.807) is 12.4 Å². The lowest BCUT2D eigenvalue weighted by molar-refractivity contribution is 0.0887. The van der Waals surface area contributed by atoms with Gasteiger partial charge >= 0.3 is 0 Å². The van der Waals surface area contributed by atoms with Crippen LogP contribution < -0.4 is 0 Å². The molecule has 4 heteroatoms. The van der Waals surface area contributed by atoms with E-state index < -0.39 is 6.10 Å². The van der Waals surface area contributed by atoms with Crippen molar-refractivity contribution in [1.29, 1.82) is 0 Å². The highest BCUT2D eigenvalue weighted by atomic mass is 35.5. The Bertz CT molecular complexity index is 294. The Balaban J connectivity index is 2.37. The molecule has 0 saturated heterocycles. The molecule has 3 nitrogen and oxygen atoms in total. The summed E-state index contributed by atoms with van der Waals surface area (Å²) in [7, 11) is 0. The van der Waals surface area contributed by atoms with E-state index in [2.05, 4.69) is 4.98 Å². The number of hydrogen-bond donors (Lipinski definition) is 1. The van der Waals surface area contributed by atoms with Crippen molar-refractivity contribution in [3.63, 3.8) is 0 Å². The van der Waals surface area contributed by atoms with Crippen LogP contribution in [-0.2, 0) is 11.2 Å². The fraction of sp³-hybridized carbons (Fsp3) is 0.545. The fourth-order valence-electron chi connectivity index (χ4n) is 1.29. The summed E-state index contributed by atoms with van der Waals surface area (Å²) in [5, 5.41) is 10.3. The lowest BCUT2D eigenvalue weighted by Gasteiger charge is -2.11. The van der Waals surface area contributed by atoms with Gasteiger partial charge in [-0.2, -0.15) is 0 Å². The minimum atomic E-state index is -0.406. The smallest absolute Gasteiger partial charge is 0.0622 e. The van der Waals surface area contributed by atoms with Gasteiger partial charge in [0.15, 0.2) is 0 Å². The average molecular weight is 230 g/mol. The first kappa shape index (κ1) is 12.4. The fourth-order valence-corrected chi connectivity index (χ4v) is 1.49. The van der Waals surface area contributed by atoms with Crippen LogP contribution in [0.3, 0.4) is 0 Å². The Morgan fingerprint density at radius 2 is 2.40 bits per heavy atom. The second-order valence-electron chi connectivity index (χ2n) is 3.31. The highest BCUT2D eigenvalue weighted by Crippen LogP contribution is 2.16. The van der Waals surface area contributed by atoms with Gasteiger partial charge in [0.1, 0.15) is 0 Å². The molecule has 1 aromatic heterocycles. The highest BCUT2D eigenvalue weighted by molar-refractivity contribution is 6.31. The minimum absolute atomic E-state index is 0.406. The predicted molar refractivity (Wildman–Crippen MR) is 60.1 cm³/mol. The van der Waals surface area contributed by atoms with E-state index in [0.29, 0.717) is 31.1 Å². The van der Waals surface area contributed by atoms with Crippen molar-refractivity contribution in [2.75, 3.05) is 13.2 Å². The van der Waals surface area contributed by atoms with Gasteiger partial charge in [0.2, 0.25) is 0 Å². The van der Waals surface area contributed by atoms with E-state index in [1.165, 1.54) is 0 Å². The van der Waals surface area contributed by atoms with Crippen LogP contribution in [0.5, 0.6) is 0 Å². The van der Waals surface area contributed by atoms with Crippen LogP contribution in [0.1, 0.15) is 18.9 Å². The van der Waals surface area contributed by atoms with Gasteiger partial charge in [0, 0.05) is 32.0 Å². The summed E-state index contributed by atoms with van der Waals surface area (Å²) in [5.41, 5.74) is 0.927. The Hall–Kier alpha value is -0.640. The maximum atomic E-state index is 9.69. The van der Waals surface area contributed by atoms with Crippen LogP contribution in [0.15, 0.2) is 18.5 Å². The molecular weight excluding hydrogens is 214 g/mol. The molecule has 1 aromatic rings. The minimum Gasteiger partial charge on any atom is -0.393 e. The van der Waals surface area contributed by atoms with Gasteiger partial charge in [-0.1, -0.05) is 11.6 Å². The maximum Gasteiger partial charge on any atom is 0.0622 e. The van der Waals surface area contributed by atoms with Gasteiger partial charge in [-0.3, -0.25) is 4.98 Å². The molecule has 0 aliphatic rings. The second-order valence-corrected chi connectivity index (χ2v) is 3.72. The molecule has 0 fully saturated rings. The third kappa shape index (κ3) is 4.60. The highest BCUT2D eigenvalue weighted by Gasteiger charge is 2.08. The second kappa shape index (κ2) is 6.77. The molecule has 1 N–H and O–H groups in total. The molecule has 1 unspecified atom stereocenters. The van der Waals surface area contributed by atoms with E-state index in [1.807, 2.05) is 13.0 Å². The number of pyridine rings is 1. The van der Waals surface area contributed by atoms with Gasteiger partial charge in [0.25, 0.3) is 0 Å². The van der Waals surface area contributed by atoms with Crippen molar-refractivity contribution in [3.8, 4) is 0 Å². The first-order chi connectivity index (χ1) is 7.24. The third-order valence-corrected chi connectivity index (χ3v) is 2.45. The molecule has 1 rings (SSSR count).